The molecule has 0 aromatic heterocycles. The van der Waals surface area contributed by atoms with Gasteiger partial charge < -0.3 is 31.1 Å². The highest BCUT2D eigenvalue weighted by Gasteiger charge is 2.63. The molecular formula is C31H36N4O7. The van der Waals surface area contributed by atoms with Crippen molar-refractivity contribution in [2.45, 2.75) is 37.5 Å². The minimum absolute atomic E-state index is 0.0214. The molecule has 1 heterocycles. The van der Waals surface area contributed by atoms with Crippen LogP contribution in [0.1, 0.15) is 34.3 Å². The number of Topliss-reactive ketones (excluding diaryl/α,β-unsaturated/α-hetero) is 2. The molecule has 42 heavy (non-hydrogen) atoms. The van der Waals surface area contributed by atoms with Gasteiger partial charge in [0.05, 0.1) is 11.6 Å². The Morgan fingerprint density at radius 2 is 1.79 bits per heavy atom. The van der Waals surface area contributed by atoms with Crippen molar-refractivity contribution in [3.8, 4) is 5.75 Å². The van der Waals surface area contributed by atoms with Crippen molar-refractivity contribution in [1.29, 1.82) is 0 Å². The number of anilines is 1. The van der Waals surface area contributed by atoms with E-state index in [1.807, 2.05) is 37.2 Å². The first kappa shape index (κ1) is 28.2. The van der Waals surface area contributed by atoms with Crippen LogP contribution in [0.2, 0.25) is 0 Å². The molecule has 1 saturated heterocycles. The van der Waals surface area contributed by atoms with Crippen LogP contribution in [0.4, 0.5) is 5.69 Å². The second-order valence-corrected chi connectivity index (χ2v) is 12.4. The Labute approximate surface area is 243 Å². The standard InChI is InChI=1S/C31H36N4O7/c1-33(2)23-16-7-6-14(13-35-8-5-9-35)10-17(16)25(36)21-18(23)11-15-12-19-24(34(3)4)27(38)22(30(32)41)29(40)31(19,42)28(39)20(15)26(21)37/h6-7,10,15,19,24,36,38-39,42H,5,8-9,11-13H2,1-4H3,(H2,32,41)/t15-,19-,24-,31-/m0/s1. The number of allylic oxidation sites excluding steroid dienone is 1. The Hall–Kier alpha value is -3.93. The van der Waals surface area contributed by atoms with Gasteiger partial charge in [0.15, 0.2) is 11.4 Å². The molecule has 1 fully saturated rings. The van der Waals surface area contributed by atoms with Crippen LogP contribution in [0.3, 0.4) is 0 Å². The van der Waals surface area contributed by atoms with Crippen LogP contribution in [0.25, 0.3) is 10.8 Å². The summed E-state index contributed by atoms with van der Waals surface area (Å²) < 4.78 is 0. The Morgan fingerprint density at radius 3 is 2.36 bits per heavy atom. The Kier molecular flexibility index (Phi) is 6.41. The molecule has 2 aromatic carbocycles. The number of carbonyl (C=O) groups is 3. The number of aromatic hydroxyl groups is 1. The molecule has 0 bridgehead atoms. The van der Waals surface area contributed by atoms with E-state index in [0.29, 0.717) is 10.9 Å². The van der Waals surface area contributed by atoms with E-state index in [1.165, 1.54) is 0 Å². The van der Waals surface area contributed by atoms with Crippen LogP contribution in [0.15, 0.2) is 40.9 Å². The molecule has 4 atom stereocenters. The number of aliphatic hydroxyl groups excluding tert-OH is 2. The number of amides is 1. The zero-order chi connectivity index (χ0) is 30.4. The van der Waals surface area contributed by atoms with Crippen molar-refractivity contribution < 1.29 is 34.8 Å². The third kappa shape index (κ3) is 3.73. The number of rotatable bonds is 5. The molecular weight excluding hydrogens is 540 g/mol. The van der Waals surface area contributed by atoms with Crippen molar-refractivity contribution in [3.63, 3.8) is 0 Å². The molecule has 6 N–H and O–H groups in total. The summed E-state index contributed by atoms with van der Waals surface area (Å²) in [5.74, 6) is -6.53. The highest BCUT2D eigenvalue weighted by Crippen LogP contribution is 2.54. The summed E-state index contributed by atoms with van der Waals surface area (Å²) >= 11 is 0. The lowest BCUT2D eigenvalue weighted by atomic mass is 9.58. The van der Waals surface area contributed by atoms with Crippen LogP contribution >= 0.6 is 0 Å². The van der Waals surface area contributed by atoms with Gasteiger partial charge in [-0.3, -0.25) is 24.2 Å². The zero-order valence-electron chi connectivity index (χ0n) is 24.1. The second-order valence-electron chi connectivity index (χ2n) is 12.4. The molecule has 11 heteroatoms. The molecule has 0 unspecified atom stereocenters. The van der Waals surface area contributed by atoms with Crippen LogP contribution < -0.4 is 10.6 Å². The van der Waals surface area contributed by atoms with E-state index < -0.39 is 58.0 Å². The first-order chi connectivity index (χ1) is 19.8. The quantitative estimate of drug-likeness (QED) is 0.329. The minimum atomic E-state index is -2.66. The lowest BCUT2D eigenvalue weighted by Gasteiger charge is -2.50. The maximum absolute atomic E-state index is 14.2. The van der Waals surface area contributed by atoms with Gasteiger partial charge in [-0.15, -0.1) is 0 Å². The van der Waals surface area contributed by atoms with E-state index in [2.05, 4.69) is 4.90 Å². The third-order valence-corrected chi connectivity index (χ3v) is 9.54. The molecule has 222 valence electrons. The number of likely N-dealkylation sites (tertiary alicyclic amines) is 1. The number of aliphatic hydroxyl groups is 3. The van der Waals surface area contributed by atoms with Gasteiger partial charge in [0.1, 0.15) is 22.8 Å². The van der Waals surface area contributed by atoms with Gasteiger partial charge >= 0.3 is 0 Å². The van der Waals surface area contributed by atoms with E-state index in [1.54, 1.807) is 19.0 Å². The SMILES string of the molecule is CN(C)c1c2c(c(O)c3cc(CN4CCC4)ccc13)C(=O)C1=C(O)[C@]3(O)C(=O)C(C(N)=O)=C(O)[C@@H](N(C)C)[C@@H]3C[C@@H]1C2. The summed E-state index contributed by atoms with van der Waals surface area (Å²) in [5, 5.41) is 47.3. The number of hydrogen-bond donors (Lipinski definition) is 5. The Balaban J connectivity index is 1.56. The number of fused-ring (bicyclic) bond motifs is 4. The van der Waals surface area contributed by atoms with E-state index in [9.17, 15) is 34.8 Å². The number of ketones is 2. The zero-order valence-corrected chi connectivity index (χ0v) is 24.1. The number of benzene rings is 2. The van der Waals surface area contributed by atoms with Gasteiger partial charge in [0.2, 0.25) is 5.78 Å². The molecule has 1 aliphatic heterocycles. The maximum Gasteiger partial charge on any atom is 0.255 e. The largest absolute Gasteiger partial charge is 0.510 e. The van der Waals surface area contributed by atoms with Gasteiger partial charge in [0.25, 0.3) is 5.91 Å². The molecule has 6 rings (SSSR count). The maximum atomic E-state index is 14.2. The average molecular weight is 577 g/mol. The van der Waals surface area contributed by atoms with E-state index in [-0.39, 0.29) is 29.7 Å². The Bertz CT molecular complexity index is 1640. The number of carbonyl (C=O) groups excluding carboxylic acids is 3. The molecule has 3 aliphatic carbocycles. The van der Waals surface area contributed by atoms with Gasteiger partial charge in [-0.25, -0.2) is 0 Å². The molecule has 11 nitrogen and oxygen atoms in total. The molecule has 0 radical (unpaired) electrons. The third-order valence-electron chi connectivity index (χ3n) is 9.54. The lowest BCUT2D eigenvalue weighted by Crippen LogP contribution is -2.63. The fourth-order valence-corrected chi connectivity index (χ4v) is 7.55. The smallest absolute Gasteiger partial charge is 0.255 e. The first-order valence-corrected chi connectivity index (χ1v) is 14.1. The molecule has 0 saturated carbocycles. The number of hydrogen-bond acceptors (Lipinski definition) is 10. The van der Waals surface area contributed by atoms with E-state index in [0.717, 1.165) is 42.7 Å². The summed E-state index contributed by atoms with van der Waals surface area (Å²) in [4.78, 5) is 45.7. The summed E-state index contributed by atoms with van der Waals surface area (Å²) in [7, 11) is 6.95. The molecule has 1 amide bonds. The minimum Gasteiger partial charge on any atom is -0.510 e. The second kappa shape index (κ2) is 9.55. The first-order valence-electron chi connectivity index (χ1n) is 14.1. The molecule has 0 spiro atoms. The number of likely N-dealkylation sites (N-methyl/N-ethyl adjacent to an activating group) is 1. The summed E-state index contributed by atoms with van der Waals surface area (Å²) in [6.45, 7) is 2.73. The van der Waals surface area contributed by atoms with Gasteiger partial charge in [0, 0.05) is 48.6 Å². The number of primary amides is 1. The summed E-state index contributed by atoms with van der Waals surface area (Å²) in [5.41, 5.74) is 4.17. The monoisotopic (exact) mass is 576 g/mol. The average Bonchev–Trinajstić information content (AvgIpc) is 2.88. The summed E-state index contributed by atoms with van der Waals surface area (Å²) in [6, 6.07) is 4.84. The van der Waals surface area contributed by atoms with Crippen LogP contribution in [-0.4, -0.2) is 101 Å². The number of phenolic OH excluding ortho intramolecular Hbond substituents is 1. The Morgan fingerprint density at radius 1 is 1.10 bits per heavy atom. The molecule has 2 aromatic rings. The van der Waals surface area contributed by atoms with Crippen LogP contribution in [0.5, 0.6) is 5.75 Å². The fraction of sp³-hybridized carbons (Fsp3) is 0.452. The molecule has 4 aliphatic rings. The van der Waals surface area contributed by atoms with Crippen molar-refractivity contribution in [2.24, 2.45) is 17.6 Å². The number of nitrogens with zero attached hydrogens (tertiary/aromatic N) is 3. The fourth-order valence-electron chi connectivity index (χ4n) is 7.55. The number of nitrogens with two attached hydrogens (primary N) is 1. The predicted molar refractivity (Wildman–Crippen MR) is 155 cm³/mol. The van der Waals surface area contributed by atoms with Crippen molar-refractivity contribution >= 4 is 33.9 Å². The van der Waals surface area contributed by atoms with Crippen molar-refractivity contribution in [1.82, 2.24) is 9.80 Å². The highest BCUT2D eigenvalue weighted by molar-refractivity contribution is 6.25. The number of phenols is 1. The predicted octanol–water partition coefficient (Wildman–Crippen LogP) is 1.55. The van der Waals surface area contributed by atoms with Crippen molar-refractivity contribution in [3.05, 3.63) is 57.6 Å². The van der Waals surface area contributed by atoms with Crippen LogP contribution in [-0.2, 0) is 22.6 Å². The van der Waals surface area contributed by atoms with Gasteiger partial charge in [-0.2, -0.15) is 0 Å². The van der Waals surface area contributed by atoms with Gasteiger partial charge in [-0.05, 0) is 69.6 Å². The van der Waals surface area contributed by atoms with E-state index >= 15 is 0 Å². The highest BCUT2D eigenvalue weighted by atomic mass is 16.3. The topological polar surface area (TPSA) is 168 Å². The van der Waals surface area contributed by atoms with E-state index in [4.69, 9.17) is 5.73 Å². The van der Waals surface area contributed by atoms with Crippen molar-refractivity contribution in [2.75, 3.05) is 46.2 Å². The lowest BCUT2D eigenvalue weighted by molar-refractivity contribution is -0.148. The normalized spacial score (nSPS) is 27.6. The summed E-state index contributed by atoms with van der Waals surface area (Å²) in [6.07, 6.45) is 1.43. The van der Waals surface area contributed by atoms with Gasteiger partial charge in [-0.1, -0.05) is 12.1 Å². The van der Waals surface area contributed by atoms with Crippen LogP contribution in [0, 0.1) is 11.8 Å².